The fraction of sp³-hybridized carbons (Fsp3) is 1.00. The summed E-state index contributed by atoms with van der Waals surface area (Å²) in [5.74, 6) is 0.768. The Morgan fingerprint density at radius 2 is 1.86 bits per heavy atom. The molecule has 1 rings (SSSR count). The lowest BCUT2D eigenvalue weighted by Crippen LogP contribution is -2.56. The maximum absolute atomic E-state index is 12.1. The highest BCUT2D eigenvalue weighted by molar-refractivity contribution is 4.95. The summed E-state index contributed by atoms with van der Waals surface area (Å²) in [6.07, 6.45) is 1.34. The van der Waals surface area contributed by atoms with Crippen LogP contribution in [0.25, 0.3) is 0 Å². The first-order chi connectivity index (χ1) is 9.87. The van der Waals surface area contributed by atoms with E-state index < -0.39 is 12.8 Å². The maximum atomic E-state index is 12.1. The van der Waals surface area contributed by atoms with Crippen molar-refractivity contribution in [3.8, 4) is 0 Å². The van der Waals surface area contributed by atoms with Gasteiger partial charge in [-0.25, -0.2) is 0 Å². The number of nitrogens with two attached hydrogens (primary N) is 1. The SMILES string of the molecule is CCC1CCC(CN)(N(CC)CCOCC(F)(F)F)CC1. The van der Waals surface area contributed by atoms with Crippen molar-refractivity contribution < 1.29 is 17.9 Å². The van der Waals surface area contributed by atoms with Crippen LogP contribution in [0.2, 0.25) is 0 Å². The van der Waals surface area contributed by atoms with E-state index >= 15 is 0 Å². The van der Waals surface area contributed by atoms with Gasteiger partial charge in [-0.2, -0.15) is 13.2 Å². The normalized spacial score (nSPS) is 27.3. The Labute approximate surface area is 126 Å². The lowest BCUT2D eigenvalue weighted by Gasteiger charge is -2.47. The van der Waals surface area contributed by atoms with Crippen molar-refractivity contribution in [1.82, 2.24) is 4.90 Å². The van der Waals surface area contributed by atoms with Gasteiger partial charge in [0.05, 0.1) is 6.61 Å². The summed E-state index contributed by atoms with van der Waals surface area (Å²) in [6.45, 7) is 5.06. The Balaban J connectivity index is 2.48. The molecule has 0 unspecified atom stereocenters. The topological polar surface area (TPSA) is 38.5 Å². The van der Waals surface area contributed by atoms with Gasteiger partial charge < -0.3 is 10.5 Å². The number of ether oxygens (including phenoxy) is 1. The van der Waals surface area contributed by atoms with Gasteiger partial charge >= 0.3 is 6.18 Å². The molecule has 3 nitrogen and oxygen atoms in total. The van der Waals surface area contributed by atoms with E-state index in [1.165, 1.54) is 6.42 Å². The average molecular weight is 310 g/mol. The number of alkyl halides is 3. The summed E-state index contributed by atoms with van der Waals surface area (Å²) in [4.78, 5) is 2.22. The van der Waals surface area contributed by atoms with E-state index in [1.807, 2.05) is 6.92 Å². The minimum absolute atomic E-state index is 0.0536. The van der Waals surface area contributed by atoms with Gasteiger partial charge in [0.15, 0.2) is 0 Å². The van der Waals surface area contributed by atoms with Crippen LogP contribution < -0.4 is 5.73 Å². The average Bonchev–Trinajstić information content (AvgIpc) is 2.46. The quantitative estimate of drug-likeness (QED) is 0.700. The molecule has 0 bridgehead atoms. The first-order valence-electron chi connectivity index (χ1n) is 7.96. The van der Waals surface area contributed by atoms with Crippen molar-refractivity contribution in [1.29, 1.82) is 0 Å². The molecule has 0 atom stereocenters. The van der Waals surface area contributed by atoms with Crippen LogP contribution in [0.4, 0.5) is 13.2 Å². The molecule has 0 aromatic rings. The zero-order chi connectivity index (χ0) is 15.9. The highest BCUT2D eigenvalue weighted by Crippen LogP contribution is 2.37. The van der Waals surface area contributed by atoms with Crippen molar-refractivity contribution in [2.75, 3.05) is 32.8 Å². The van der Waals surface area contributed by atoms with Crippen molar-refractivity contribution in [3.05, 3.63) is 0 Å². The van der Waals surface area contributed by atoms with Crippen molar-refractivity contribution in [2.45, 2.75) is 57.7 Å². The number of hydrogen-bond donors (Lipinski definition) is 1. The van der Waals surface area contributed by atoms with E-state index in [0.717, 1.165) is 38.1 Å². The lowest BCUT2D eigenvalue weighted by molar-refractivity contribution is -0.175. The standard InChI is InChI=1S/C15H29F3N2O/c1-3-13-5-7-14(11-19,8-6-13)20(4-2)9-10-21-12-15(16,17)18/h13H,3-12,19H2,1-2H3. The van der Waals surface area contributed by atoms with Gasteiger partial charge in [0.1, 0.15) is 6.61 Å². The predicted octanol–water partition coefficient (Wildman–Crippen LogP) is 3.18. The molecule has 1 aliphatic rings. The summed E-state index contributed by atoms with van der Waals surface area (Å²) >= 11 is 0. The summed E-state index contributed by atoms with van der Waals surface area (Å²) in [7, 11) is 0. The minimum atomic E-state index is -4.25. The van der Waals surface area contributed by atoms with Crippen molar-refractivity contribution in [3.63, 3.8) is 0 Å². The molecule has 0 spiro atoms. The van der Waals surface area contributed by atoms with Crippen molar-refractivity contribution in [2.24, 2.45) is 11.7 Å². The van der Waals surface area contributed by atoms with E-state index in [-0.39, 0.29) is 12.1 Å². The fourth-order valence-corrected chi connectivity index (χ4v) is 3.37. The molecule has 0 aliphatic heterocycles. The molecule has 1 aliphatic carbocycles. The zero-order valence-electron chi connectivity index (χ0n) is 13.2. The van der Waals surface area contributed by atoms with Gasteiger partial charge in [-0.3, -0.25) is 4.90 Å². The van der Waals surface area contributed by atoms with Gasteiger partial charge in [0.25, 0.3) is 0 Å². The minimum Gasteiger partial charge on any atom is -0.371 e. The Kier molecular flexibility index (Phi) is 7.44. The molecule has 0 aromatic heterocycles. The molecule has 1 fully saturated rings. The molecule has 6 heteroatoms. The number of likely N-dealkylation sites (N-methyl/N-ethyl adjacent to an activating group) is 1. The fourth-order valence-electron chi connectivity index (χ4n) is 3.37. The summed E-state index contributed by atoms with van der Waals surface area (Å²) in [5.41, 5.74) is 5.96. The van der Waals surface area contributed by atoms with Crippen LogP contribution in [0.1, 0.15) is 46.0 Å². The highest BCUT2D eigenvalue weighted by atomic mass is 19.4. The van der Waals surface area contributed by atoms with E-state index in [4.69, 9.17) is 10.5 Å². The van der Waals surface area contributed by atoms with Crippen LogP contribution in [-0.4, -0.2) is 49.5 Å². The first kappa shape index (κ1) is 18.7. The largest absolute Gasteiger partial charge is 0.411 e. The Morgan fingerprint density at radius 1 is 1.24 bits per heavy atom. The van der Waals surface area contributed by atoms with Gasteiger partial charge in [-0.15, -0.1) is 0 Å². The summed E-state index contributed by atoms with van der Waals surface area (Å²) < 4.78 is 41.0. The highest BCUT2D eigenvalue weighted by Gasteiger charge is 2.38. The molecule has 0 aromatic carbocycles. The molecular weight excluding hydrogens is 281 g/mol. The molecule has 0 amide bonds. The Bertz CT molecular complexity index is 289. The van der Waals surface area contributed by atoms with Crippen LogP contribution >= 0.6 is 0 Å². The van der Waals surface area contributed by atoms with Crippen LogP contribution in [0, 0.1) is 5.92 Å². The molecule has 2 N–H and O–H groups in total. The first-order valence-corrected chi connectivity index (χ1v) is 7.96. The number of nitrogens with zero attached hydrogens (tertiary/aromatic N) is 1. The monoisotopic (exact) mass is 310 g/mol. The lowest BCUT2D eigenvalue weighted by atomic mass is 9.74. The van der Waals surface area contributed by atoms with Gasteiger partial charge in [-0.05, 0) is 38.1 Å². The molecule has 0 saturated heterocycles. The number of rotatable bonds is 8. The third-order valence-corrected chi connectivity index (χ3v) is 4.82. The predicted molar refractivity (Wildman–Crippen MR) is 78.2 cm³/mol. The van der Waals surface area contributed by atoms with E-state index in [1.54, 1.807) is 0 Å². The van der Waals surface area contributed by atoms with Crippen LogP contribution in [0.3, 0.4) is 0 Å². The Hall–Kier alpha value is -0.330. The third-order valence-electron chi connectivity index (χ3n) is 4.82. The van der Waals surface area contributed by atoms with E-state index in [0.29, 0.717) is 13.1 Å². The molecule has 1 saturated carbocycles. The van der Waals surface area contributed by atoms with Crippen LogP contribution in [0.5, 0.6) is 0 Å². The zero-order valence-corrected chi connectivity index (χ0v) is 13.2. The van der Waals surface area contributed by atoms with Gasteiger partial charge in [0, 0.05) is 18.6 Å². The molecule has 0 radical (unpaired) electrons. The second kappa shape index (κ2) is 8.34. The third kappa shape index (κ3) is 5.75. The summed E-state index contributed by atoms with van der Waals surface area (Å²) in [5, 5.41) is 0. The molecule has 0 heterocycles. The summed E-state index contributed by atoms with van der Waals surface area (Å²) in [6, 6.07) is 0. The van der Waals surface area contributed by atoms with Gasteiger partial charge in [-0.1, -0.05) is 20.3 Å². The van der Waals surface area contributed by atoms with Gasteiger partial charge in [0.2, 0.25) is 0 Å². The molecule has 21 heavy (non-hydrogen) atoms. The molecular formula is C15H29F3N2O. The second-order valence-electron chi connectivity index (χ2n) is 6.03. The Morgan fingerprint density at radius 3 is 2.29 bits per heavy atom. The number of halogens is 3. The smallest absolute Gasteiger partial charge is 0.371 e. The molecule has 126 valence electrons. The van der Waals surface area contributed by atoms with E-state index in [2.05, 4.69) is 11.8 Å². The second-order valence-corrected chi connectivity index (χ2v) is 6.03. The van der Waals surface area contributed by atoms with Crippen molar-refractivity contribution >= 4 is 0 Å². The van der Waals surface area contributed by atoms with Crippen LogP contribution in [0.15, 0.2) is 0 Å². The van der Waals surface area contributed by atoms with Crippen LogP contribution in [-0.2, 0) is 4.74 Å². The number of hydrogen-bond acceptors (Lipinski definition) is 3. The maximum Gasteiger partial charge on any atom is 0.411 e. The van der Waals surface area contributed by atoms with E-state index in [9.17, 15) is 13.2 Å².